The van der Waals surface area contributed by atoms with Crippen molar-refractivity contribution >= 4 is 50.7 Å². The van der Waals surface area contributed by atoms with Gasteiger partial charge in [0.25, 0.3) is 0 Å². The largest absolute Gasteiger partial charge is 0.480 e. The zero-order valence-electron chi connectivity index (χ0n) is 9.55. The molecule has 0 aliphatic heterocycles. The third kappa shape index (κ3) is 3.40. The molecule has 0 bridgehead atoms. The normalized spacial score (nSPS) is 10.6. The number of carboxylic acid groups (broad SMARTS) is 1. The molecule has 2 aromatic rings. The molecule has 8 heteroatoms. The first-order valence-electron chi connectivity index (χ1n) is 5.19. The number of benzene rings is 1. The zero-order valence-corrected chi connectivity index (χ0v) is 11.1. The fraction of sp³-hybridized carbons (Fsp3) is 0.182. The number of nitrogens with one attached hydrogen (secondary N) is 1. The SMILES string of the molecule is O=C(O)COCC(=O)Nc1c(Cl)ccc2scnc12. The number of anilines is 1. The van der Waals surface area contributed by atoms with E-state index >= 15 is 0 Å². The Bertz CT molecular complexity index is 628. The number of nitrogens with zero attached hydrogens (tertiary/aromatic N) is 1. The van der Waals surface area contributed by atoms with Crippen LogP contribution in [0.4, 0.5) is 5.69 Å². The lowest BCUT2D eigenvalue weighted by Gasteiger charge is -2.07. The van der Waals surface area contributed by atoms with Gasteiger partial charge in [0.05, 0.1) is 20.9 Å². The van der Waals surface area contributed by atoms with Gasteiger partial charge < -0.3 is 15.2 Å². The van der Waals surface area contributed by atoms with Crippen molar-refractivity contribution in [3.63, 3.8) is 0 Å². The zero-order chi connectivity index (χ0) is 13.8. The molecule has 0 atom stereocenters. The van der Waals surface area contributed by atoms with Crippen molar-refractivity contribution < 1.29 is 19.4 Å². The van der Waals surface area contributed by atoms with Crippen molar-refractivity contribution in [1.82, 2.24) is 4.98 Å². The first kappa shape index (κ1) is 13.7. The van der Waals surface area contributed by atoms with Gasteiger partial charge in [0.1, 0.15) is 18.7 Å². The lowest BCUT2D eigenvalue weighted by Crippen LogP contribution is -2.21. The number of ether oxygens (including phenoxy) is 1. The number of fused-ring (bicyclic) bond motifs is 1. The number of aliphatic carboxylic acids is 1. The van der Waals surface area contributed by atoms with E-state index in [4.69, 9.17) is 21.4 Å². The highest BCUT2D eigenvalue weighted by Gasteiger charge is 2.12. The molecule has 0 aliphatic rings. The van der Waals surface area contributed by atoms with E-state index in [9.17, 15) is 9.59 Å². The van der Waals surface area contributed by atoms with Gasteiger partial charge in [-0.3, -0.25) is 4.79 Å². The summed E-state index contributed by atoms with van der Waals surface area (Å²) < 4.78 is 5.58. The summed E-state index contributed by atoms with van der Waals surface area (Å²) in [5.74, 6) is -1.61. The summed E-state index contributed by atoms with van der Waals surface area (Å²) in [7, 11) is 0. The molecule has 0 aliphatic carbocycles. The Balaban J connectivity index is 2.08. The standard InChI is InChI=1S/C11H9ClN2O4S/c12-6-1-2-7-11(13-5-19-7)10(6)14-8(15)3-18-4-9(16)17/h1-2,5H,3-4H2,(H,14,15)(H,16,17). The number of carbonyl (C=O) groups is 2. The molecule has 1 heterocycles. The van der Waals surface area contributed by atoms with E-state index in [2.05, 4.69) is 10.3 Å². The van der Waals surface area contributed by atoms with Crippen LogP contribution in [0.15, 0.2) is 17.6 Å². The smallest absolute Gasteiger partial charge is 0.329 e. The van der Waals surface area contributed by atoms with Gasteiger partial charge in [-0.05, 0) is 12.1 Å². The minimum absolute atomic E-state index is 0.358. The van der Waals surface area contributed by atoms with Gasteiger partial charge in [-0.1, -0.05) is 11.6 Å². The molecule has 0 unspecified atom stereocenters. The number of amides is 1. The molecule has 19 heavy (non-hydrogen) atoms. The van der Waals surface area contributed by atoms with Gasteiger partial charge in [-0.25, -0.2) is 9.78 Å². The van der Waals surface area contributed by atoms with Crippen molar-refractivity contribution in [1.29, 1.82) is 0 Å². The monoisotopic (exact) mass is 300 g/mol. The molecule has 6 nitrogen and oxygen atoms in total. The summed E-state index contributed by atoms with van der Waals surface area (Å²) in [6.07, 6.45) is 0. The Kier molecular flexibility index (Phi) is 4.31. The number of carbonyl (C=O) groups excluding carboxylic acids is 1. The van der Waals surface area contributed by atoms with Crippen LogP contribution in [0.1, 0.15) is 0 Å². The maximum Gasteiger partial charge on any atom is 0.329 e. The van der Waals surface area contributed by atoms with E-state index < -0.39 is 18.5 Å². The molecule has 0 fully saturated rings. The van der Waals surface area contributed by atoms with Crippen molar-refractivity contribution in [3.05, 3.63) is 22.7 Å². The average molecular weight is 301 g/mol. The topological polar surface area (TPSA) is 88.5 Å². The second kappa shape index (κ2) is 5.96. The Labute approximate surface area is 117 Å². The summed E-state index contributed by atoms with van der Waals surface area (Å²) in [6, 6.07) is 3.47. The maximum atomic E-state index is 11.6. The Morgan fingerprint density at radius 1 is 1.42 bits per heavy atom. The van der Waals surface area contributed by atoms with E-state index in [-0.39, 0.29) is 6.61 Å². The molecule has 0 saturated carbocycles. The minimum Gasteiger partial charge on any atom is -0.480 e. The molecule has 1 aromatic heterocycles. The highest BCUT2D eigenvalue weighted by molar-refractivity contribution is 7.16. The molecule has 1 amide bonds. The van der Waals surface area contributed by atoms with Crippen LogP contribution in [-0.4, -0.2) is 35.2 Å². The van der Waals surface area contributed by atoms with Gasteiger partial charge in [0.15, 0.2) is 0 Å². The fourth-order valence-electron chi connectivity index (χ4n) is 1.43. The lowest BCUT2D eigenvalue weighted by atomic mass is 10.3. The number of thiazole rings is 1. The molecular formula is C11H9ClN2O4S. The van der Waals surface area contributed by atoms with Gasteiger partial charge in [0, 0.05) is 0 Å². The van der Waals surface area contributed by atoms with Crippen LogP contribution in [0.5, 0.6) is 0 Å². The van der Waals surface area contributed by atoms with E-state index in [1.54, 1.807) is 11.6 Å². The summed E-state index contributed by atoms with van der Waals surface area (Å²) >= 11 is 7.43. The first-order chi connectivity index (χ1) is 9.08. The van der Waals surface area contributed by atoms with Crippen molar-refractivity contribution in [2.24, 2.45) is 0 Å². The second-order valence-electron chi connectivity index (χ2n) is 3.56. The van der Waals surface area contributed by atoms with Crippen molar-refractivity contribution in [2.75, 3.05) is 18.5 Å². The van der Waals surface area contributed by atoms with Crippen LogP contribution < -0.4 is 5.32 Å². The maximum absolute atomic E-state index is 11.6. The van der Waals surface area contributed by atoms with Crippen LogP contribution >= 0.6 is 22.9 Å². The third-order valence-electron chi connectivity index (χ3n) is 2.17. The quantitative estimate of drug-likeness (QED) is 0.881. The van der Waals surface area contributed by atoms with E-state index in [1.807, 2.05) is 6.07 Å². The number of rotatable bonds is 5. The van der Waals surface area contributed by atoms with Gasteiger partial charge in [-0.2, -0.15) is 0 Å². The number of aromatic nitrogens is 1. The Morgan fingerprint density at radius 3 is 2.95 bits per heavy atom. The molecule has 100 valence electrons. The first-order valence-corrected chi connectivity index (χ1v) is 6.45. The number of hydrogen-bond acceptors (Lipinski definition) is 5. The van der Waals surface area contributed by atoms with Crippen LogP contribution in [-0.2, 0) is 14.3 Å². The second-order valence-corrected chi connectivity index (χ2v) is 4.85. The molecule has 0 saturated heterocycles. The highest BCUT2D eigenvalue weighted by atomic mass is 35.5. The van der Waals surface area contributed by atoms with E-state index in [0.717, 1.165) is 4.70 Å². The van der Waals surface area contributed by atoms with Gasteiger partial charge in [-0.15, -0.1) is 11.3 Å². The summed E-state index contributed by atoms with van der Waals surface area (Å²) in [5.41, 5.74) is 2.66. The molecule has 1 aromatic carbocycles. The summed E-state index contributed by atoms with van der Waals surface area (Å²) in [5, 5.41) is 11.3. The minimum atomic E-state index is -1.13. The van der Waals surface area contributed by atoms with E-state index in [0.29, 0.717) is 16.2 Å². The van der Waals surface area contributed by atoms with Crippen LogP contribution in [0, 0.1) is 0 Å². The third-order valence-corrected chi connectivity index (χ3v) is 3.28. The molecular weight excluding hydrogens is 292 g/mol. The van der Waals surface area contributed by atoms with Crippen LogP contribution in [0.2, 0.25) is 5.02 Å². The number of halogens is 1. The fourth-order valence-corrected chi connectivity index (χ4v) is 2.32. The van der Waals surface area contributed by atoms with Crippen molar-refractivity contribution in [3.8, 4) is 0 Å². The van der Waals surface area contributed by atoms with Gasteiger partial charge in [0.2, 0.25) is 5.91 Å². The predicted octanol–water partition coefficient (Wildman–Crippen LogP) is 1.99. The molecule has 0 radical (unpaired) electrons. The summed E-state index contributed by atoms with van der Waals surface area (Å²) in [6.45, 7) is -0.884. The van der Waals surface area contributed by atoms with Crippen LogP contribution in [0.25, 0.3) is 10.2 Å². The predicted molar refractivity (Wildman–Crippen MR) is 71.7 cm³/mol. The average Bonchev–Trinajstić information content (AvgIpc) is 2.81. The van der Waals surface area contributed by atoms with E-state index in [1.165, 1.54) is 11.3 Å². The van der Waals surface area contributed by atoms with Gasteiger partial charge >= 0.3 is 5.97 Å². The number of hydrogen-bond donors (Lipinski definition) is 2. The molecule has 2 rings (SSSR count). The summed E-state index contributed by atoms with van der Waals surface area (Å²) in [4.78, 5) is 26.0. The highest BCUT2D eigenvalue weighted by Crippen LogP contribution is 2.32. The molecule has 0 spiro atoms. The Morgan fingerprint density at radius 2 is 2.21 bits per heavy atom. The lowest BCUT2D eigenvalue weighted by molar-refractivity contribution is -0.143. The van der Waals surface area contributed by atoms with Crippen LogP contribution in [0.3, 0.4) is 0 Å². The Hall–Kier alpha value is -1.70. The van der Waals surface area contributed by atoms with Crippen molar-refractivity contribution in [2.45, 2.75) is 0 Å². The number of carboxylic acids is 1. The molecule has 2 N–H and O–H groups in total.